The summed E-state index contributed by atoms with van der Waals surface area (Å²) >= 11 is 0. The minimum Gasteiger partial charge on any atom is -0.544 e. The normalized spacial score (nSPS) is 12.9. The minimum atomic E-state index is -1.12. The average Bonchev–Trinajstić information content (AvgIpc) is 3.09. The molecule has 52 heavy (non-hydrogen) atoms. The van der Waals surface area contributed by atoms with E-state index in [-0.39, 0.29) is 42.7 Å². The van der Waals surface area contributed by atoms with Gasteiger partial charge in [-0.3, -0.25) is 9.59 Å². The number of carbonyl (C=O) groups is 3. The Hall–Kier alpha value is -1.67. The first-order valence-electron chi connectivity index (χ1n) is 22.1. The summed E-state index contributed by atoms with van der Waals surface area (Å²) in [6, 6.07) is -0.718. The first kappa shape index (κ1) is 50.3. The van der Waals surface area contributed by atoms with Gasteiger partial charge in [0.25, 0.3) is 0 Å². The second-order valence-corrected chi connectivity index (χ2v) is 16.3. The number of aliphatic carboxylic acids is 1. The summed E-state index contributed by atoms with van der Waals surface area (Å²) in [5.41, 5.74) is 0. The van der Waals surface area contributed by atoms with E-state index in [1.54, 1.807) is 21.1 Å². The number of nitrogens with zero attached hydrogens (tertiary/aromatic N) is 1. The van der Waals surface area contributed by atoms with Crippen molar-refractivity contribution in [2.45, 2.75) is 225 Å². The number of ether oxygens (including phenoxy) is 3. The van der Waals surface area contributed by atoms with E-state index in [0.717, 1.165) is 38.5 Å². The molecule has 0 aliphatic rings. The Morgan fingerprint density at radius 3 is 1.19 bits per heavy atom. The third-order valence-corrected chi connectivity index (χ3v) is 10.2. The van der Waals surface area contributed by atoms with Crippen molar-refractivity contribution < 1.29 is 38.2 Å². The molecule has 8 heteroatoms. The van der Waals surface area contributed by atoms with E-state index in [4.69, 9.17) is 14.2 Å². The molecule has 0 aromatic rings. The molecule has 0 aromatic carbocycles. The quantitative estimate of drug-likeness (QED) is 0.0350. The minimum absolute atomic E-state index is 0.0483. The maximum atomic E-state index is 12.7. The molecule has 0 fully saturated rings. The number of carboxylic acid groups (broad SMARTS) is 1. The lowest BCUT2D eigenvalue weighted by molar-refractivity contribution is -0.889. The molecule has 0 N–H and O–H groups in total. The molecule has 0 spiro atoms. The number of quaternary nitrogens is 1. The third kappa shape index (κ3) is 34.1. The Labute approximate surface area is 321 Å². The van der Waals surface area contributed by atoms with Crippen molar-refractivity contribution in [3.05, 3.63) is 0 Å². The van der Waals surface area contributed by atoms with Gasteiger partial charge in [0.2, 0.25) is 0 Å². The van der Waals surface area contributed by atoms with Crippen molar-refractivity contribution >= 4 is 17.9 Å². The van der Waals surface area contributed by atoms with Crippen LogP contribution >= 0.6 is 0 Å². The SMILES string of the molecule is CCCCCCCCCCCCCCCCCCCCCCCC(=O)OC(COCCC(C(=O)[O-])[N+](C)(C)C)COC(=O)CCCCCCCCC. The predicted molar refractivity (Wildman–Crippen MR) is 213 cm³/mol. The van der Waals surface area contributed by atoms with Gasteiger partial charge in [-0.15, -0.1) is 0 Å². The van der Waals surface area contributed by atoms with Crippen molar-refractivity contribution in [2.75, 3.05) is 41.0 Å². The van der Waals surface area contributed by atoms with Crippen LogP contribution < -0.4 is 5.11 Å². The molecule has 0 radical (unpaired) electrons. The summed E-state index contributed by atoms with van der Waals surface area (Å²) < 4.78 is 17.1. The Kier molecular flexibility index (Phi) is 35.1. The predicted octanol–water partition coefficient (Wildman–Crippen LogP) is 10.4. The second kappa shape index (κ2) is 36.3. The van der Waals surface area contributed by atoms with E-state index in [1.807, 2.05) is 0 Å². The van der Waals surface area contributed by atoms with E-state index in [9.17, 15) is 19.5 Å². The summed E-state index contributed by atoms with van der Waals surface area (Å²) in [6.45, 7) is 4.65. The molecule has 0 saturated heterocycles. The van der Waals surface area contributed by atoms with Gasteiger partial charge in [0.1, 0.15) is 12.6 Å². The van der Waals surface area contributed by atoms with Crippen LogP contribution in [0.15, 0.2) is 0 Å². The molecule has 0 rings (SSSR count). The molecular weight excluding hydrogens is 654 g/mol. The zero-order chi connectivity index (χ0) is 38.5. The van der Waals surface area contributed by atoms with Crippen molar-refractivity contribution in [3.8, 4) is 0 Å². The fourth-order valence-electron chi connectivity index (χ4n) is 6.78. The van der Waals surface area contributed by atoms with Crippen LogP contribution in [0.2, 0.25) is 0 Å². The average molecular weight is 740 g/mol. The molecule has 0 aromatic heterocycles. The van der Waals surface area contributed by atoms with Gasteiger partial charge in [-0.1, -0.05) is 181 Å². The summed E-state index contributed by atoms with van der Waals surface area (Å²) in [5, 5.41) is 11.6. The molecule has 8 nitrogen and oxygen atoms in total. The van der Waals surface area contributed by atoms with E-state index >= 15 is 0 Å². The van der Waals surface area contributed by atoms with Gasteiger partial charge < -0.3 is 28.6 Å². The van der Waals surface area contributed by atoms with Gasteiger partial charge in [0.05, 0.1) is 40.3 Å². The zero-order valence-corrected chi connectivity index (χ0v) is 35.0. The molecule has 0 bridgehead atoms. The highest BCUT2D eigenvalue weighted by molar-refractivity contribution is 5.70. The summed E-state index contributed by atoms with van der Waals surface area (Å²) in [5.74, 6) is -1.72. The van der Waals surface area contributed by atoms with Gasteiger partial charge in [0.15, 0.2) is 6.10 Å². The standard InChI is InChI=1S/C44H85NO7/c1-6-8-10-12-14-15-16-17-18-19-20-21-22-23-24-25-26-27-29-31-33-35-43(47)52-40(38-50-37-36-41(44(48)49)45(3,4)5)39-51-42(46)34-32-30-28-13-11-9-7-2/h40-41H,6-39H2,1-5H3. The highest BCUT2D eigenvalue weighted by atomic mass is 16.6. The first-order chi connectivity index (χ1) is 25.1. The number of likely N-dealkylation sites (N-methyl/N-ethyl adjacent to an activating group) is 1. The number of carboxylic acids is 1. The first-order valence-corrected chi connectivity index (χ1v) is 22.1. The highest BCUT2D eigenvalue weighted by Crippen LogP contribution is 2.16. The fraction of sp³-hybridized carbons (Fsp3) is 0.932. The number of hydrogen-bond acceptors (Lipinski definition) is 7. The van der Waals surface area contributed by atoms with Crippen LogP contribution in [0.4, 0.5) is 0 Å². The maximum absolute atomic E-state index is 12.7. The summed E-state index contributed by atoms with van der Waals surface area (Å²) in [4.78, 5) is 36.6. The maximum Gasteiger partial charge on any atom is 0.306 e. The third-order valence-electron chi connectivity index (χ3n) is 10.2. The number of hydrogen-bond donors (Lipinski definition) is 0. The van der Waals surface area contributed by atoms with Crippen LogP contribution in [0, 0.1) is 0 Å². The van der Waals surface area contributed by atoms with Crippen LogP contribution in [0.5, 0.6) is 0 Å². The number of esters is 2. The lowest BCUT2D eigenvalue weighted by atomic mass is 10.0. The molecule has 0 aliphatic heterocycles. The van der Waals surface area contributed by atoms with Crippen molar-refractivity contribution in [1.82, 2.24) is 0 Å². The number of rotatable bonds is 40. The van der Waals surface area contributed by atoms with Crippen LogP contribution in [0.25, 0.3) is 0 Å². The Morgan fingerprint density at radius 1 is 0.500 bits per heavy atom. The molecule has 0 aliphatic carbocycles. The van der Waals surface area contributed by atoms with Crippen molar-refractivity contribution in [3.63, 3.8) is 0 Å². The van der Waals surface area contributed by atoms with Crippen LogP contribution in [-0.4, -0.2) is 75.5 Å². The fourth-order valence-corrected chi connectivity index (χ4v) is 6.78. The van der Waals surface area contributed by atoms with Gasteiger partial charge >= 0.3 is 11.9 Å². The molecule has 2 atom stereocenters. The summed E-state index contributed by atoms with van der Waals surface area (Å²) in [6.07, 6.45) is 35.8. The van der Waals surface area contributed by atoms with E-state index in [2.05, 4.69) is 13.8 Å². The van der Waals surface area contributed by atoms with E-state index in [1.165, 1.54) is 141 Å². The van der Waals surface area contributed by atoms with Crippen LogP contribution in [-0.2, 0) is 28.6 Å². The van der Waals surface area contributed by atoms with Gasteiger partial charge in [0, 0.05) is 19.3 Å². The molecule has 0 amide bonds. The molecule has 308 valence electrons. The smallest absolute Gasteiger partial charge is 0.306 e. The number of carbonyl (C=O) groups excluding carboxylic acids is 3. The largest absolute Gasteiger partial charge is 0.544 e. The molecule has 0 heterocycles. The van der Waals surface area contributed by atoms with Gasteiger partial charge in [-0.05, 0) is 12.8 Å². The topological polar surface area (TPSA) is 102 Å². The van der Waals surface area contributed by atoms with Crippen molar-refractivity contribution in [2.24, 2.45) is 0 Å². The summed E-state index contributed by atoms with van der Waals surface area (Å²) in [7, 11) is 5.41. The van der Waals surface area contributed by atoms with Crippen LogP contribution in [0.1, 0.15) is 213 Å². The van der Waals surface area contributed by atoms with Gasteiger partial charge in [-0.2, -0.15) is 0 Å². The molecule has 0 saturated carbocycles. The Morgan fingerprint density at radius 2 is 0.846 bits per heavy atom. The highest BCUT2D eigenvalue weighted by Gasteiger charge is 2.25. The monoisotopic (exact) mass is 740 g/mol. The van der Waals surface area contributed by atoms with E-state index < -0.39 is 18.1 Å². The Bertz CT molecular complexity index is 828. The zero-order valence-electron chi connectivity index (χ0n) is 35.0. The van der Waals surface area contributed by atoms with Crippen molar-refractivity contribution in [1.29, 1.82) is 0 Å². The number of unbranched alkanes of at least 4 members (excludes halogenated alkanes) is 26. The molecule has 2 unspecified atom stereocenters. The van der Waals surface area contributed by atoms with Gasteiger partial charge in [-0.25, -0.2) is 0 Å². The second-order valence-electron chi connectivity index (χ2n) is 16.3. The Balaban J connectivity index is 4.12. The molecular formula is C44H85NO7. The lowest BCUT2D eigenvalue weighted by Gasteiger charge is -2.34. The van der Waals surface area contributed by atoms with Crippen LogP contribution in [0.3, 0.4) is 0 Å². The lowest BCUT2D eigenvalue weighted by Crippen LogP contribution is -2.55. The van der Waals surface area contributed by atoms with E-state index in [0.29, 0.717) is 12.8 Å².